The first-order valence-electron chi connectivity index (χ1n) is 4.48. The molecule has 0 saturated carbocycles. The maximum absolute atomic E-state index is 11.3. The minimum Gasteiger partial charge on any atom is -0.457 e. The zero-order valence-electron chi connectivity index (χ0n) is 8.32. The molecule has 1 aromatic heterocycles. The van der Waals surface area contributed by atoms with E-state index in [1.807, 2.05) is 26.0 Å². The van der Waals surface area contributed by atoms with Crippen LogP contribution in [0.3, 0.4) is 0 Å². The van der Waals surface area contributed by atoms with Gasteiger partial charge in [0.25, 0.3) is 0 Å². The second-order valence-electron chi connectivity index (χ2n) is 2.73. The molecule has 0 aromatic carbocycles. The van der Waals surface area contributed by atoms with Gasteiger partial charge in [-0.25, -0.2) is 9.78 Å². The van der Waals surface area contributed by atoms with Crippen LogP contribution < -0.4 is 0 Å². The molecule has 0 amide bonds. The van der Waals surface area contributed by atoms with E-state index in [0.717, 1.165) is 11.4 Å². The number of esters is 1. The molecule has 0 saturated heterocycles. The Hall–Kier alpha value is -1.16. The number of ether oxygens (including phenoxy) is 1. The fraction of sp³-hybridized carbons (Fsp3) is 0.400. The third-order valence-corrected chi connectivity index (χ3v) is 2.31. The zero-order valence-corrected chi connectivity index (χ0v) is 9.13. The molecule has 0 fully saturated rings. The van der Waals surface area contributed by atoms with E-state index in [0.29, 0.717) is 12.3 Å². The summed E-state index contributed by atoms with van der Waals surface area (Å²) in [6.07, 6.45) is 4.74. The summed E-state index contributed by atoms with van der Waals surface area (Å²) >= 11 is 1.45. The number of allylic oxidation sites excluding steroid dienone is 1. The third-order valence-electron chi connectivity index (χ3n) is 1.54. The van der Waals surface area contributed by atoms with E-state index in [4.69, 9.17) is 4.74 Å². The maximum Gasteiger partial charge on any atom is 0.358 e. The topological polar surface area (TPSA) is 39.2 Å². The molecule has 76 valence electrons. The van der Waals surface area contributed by atoms with Gasteiger partial charge in [-0.3, -0.25) is 0 Å². The molecule has 4 heteroatoms. The van der Waals surface area contributed by atoms with Gasteiger partial charge >= 0.3 is 5.97 Å². The second kappa shape index (κ2) is 5.54. The van der Waals surface area contributed by atoms with Gasteiger partial charge in [-0.2, -0.15) is 0 Å². The standard InChI is InChI=1S/C10H13NO2S/c1-3-4-5-6-13-10(12)9-7-14-8(2)11-9/h4-5,7H,3,6H2,1-2H3/b5-4+. The molecule has 0 radical (unpaired) electrons. The highest BCUT2D eigenvalue weighted by molar-refractivity contribution is 7.09. The number of carbonyl (C=O) groups excluding carboxylic acids is 1. The van der Waals surface area contributed by atoms with Crippen LogP contribution in [0.4, 0.5) is 0 Å². The van der Waals surface area contributed by atoms with E-state index in [9.17, 15) is 4.79 Å². The number of aryl methyl sites for hydroxylation is 1. The van der Waals surface area contributed by atoms with Crippen molar-refractivity contribution < 1.29 is 9.53 Å². The lowest BCUT2D eigenvalue weighted by Crippen LogP contribution is -2.05. The average molecular weight is 211 g/mol. The average Bonchev–Trinajstić information content (AvgIpc) is 2.59. The van der Waals surface area contributed by atoms with E-state index >= 15 is 0 Å². The Morgan fingerprint density at radius 1 is 1.64 bits per heavy atom. The Morgan fingerprint density at radius 2 is 2.43 bits per heavy atom. The minimum absolute atomic E-state index is 0.323. The van der Waals surface area contributed by atoms with E-state index in [1.165, 1.54) is 11.3 Å². The summed E-state index contributed by atoms with van der Waals surface area (Å²) in [5, 5.41) is 2.59. The lowest BCUT2D eigenvalue weighted by molar-refractivity contribution is 0.0543. The number of nitrogens with zero attached hydrogens (tertiary/aromatic N) is 1. The minimum atomic E-state index is -0.352. The van der Waals surface area contributed by atoms with Gasteiger partial charge in [0.1, 0.15) is 6.61 Å². The molecule has 0 bridgehead atoms. The third kappa shape index (κ3) is 3.30. The van der Waals surface area contributed by atoms with Crippen molar-refractivity contribution in [2.75, 3.05) is 6.61 Å². The smallest absolute Gasteiger partial charge is 0.358 e. The van der Waals surface area contributed by atoms with E-state index in [-0.39, 0.29) is 5.97 Å². The van der Waals surface area contributed by atoms with Crippen molar-refractivity contribution in [1.82, 2.24) is 4.98 Å². The molecule has 14 heavy (non-hydrogen) atoms. The van der Waals surface area contributed by atoms with Crippen molar-refractivity contribution in [1.29, 1.82) is 0 Å². The van der Waals surface area contributed by atoms with Crippen LogP contribution in [0.1, 0.15) is 28.8 Å². The first-order valence-corrected chi connectivity index (χ1v) is 5.36. The molecule has 0 atom stereocenters. The van der Waals surface area contributed by atoms with Crippen molar-refractivity contribution in [3.63, 3.8) is 0 Å². The molecular formula is C10H13NO2S. The first-order chi connectivity index (χ1) is 6.74. The van der Waals surface area contributed by atoms with E-state index < -0.39 is 0 Å². The Balaban J connectivity index is 2.39. The van der Waals surface area contributed by atoms with Crippen molar-refractivity contribution in [2.24, 2.45) is 0 Å². The van der Waals surface area contributed by atoms with Gasteiger partial charge in [-0.05, 0) is 13.3 Å². The van der Waals surface area contributed by atoms with E-state index in [1.54, 1.807) is 5.38 Å². The molecular weight excluding hydrogens is 198 g/mol. The largest absolute Gasteiger partial charge is 0.457 e. The van der Waals surface area contributed by atoms with Gasteiger partial charge in [0, 0.05) is 5.38 Å². The van der Waals surface area contributed by atoms with Crippen molar-refractivity contribution in [3.05, 3.63) is 28.2 Å². The van der Waals surface area contributed by atoms with Gasteiger partial charge in [-0.15, -0.1) is 11.3 Å². The summed E-state index contributed by atoms with van der Waals surface area (Å²) in [5.41, 5.74) is 0.400. The van der Waals surface area contributed by atoms with E-state index in [2.05, 4.69) is 4.98 Å². The number of rotatable bonds is 4. The number of thiazole rings is 1. The Kier molecular flexibility index (Phi) is 4.32. The fourth-order valence-corrected chi connectivity index (χ4v) is 1.47. The quantitative estimate of drug-likeness (QED) is 0.567. The van der Waals surface area contributed by atoms with Crippen LogP contribution in [-0.4, -0.2) is 17.6 Å². The van der Waals surface area contributed by atoms with Crippen LogP contribution in [0.5, 0.6) is 0 Å². The monoisotopic (exact) mass is 211 g/mol. The highest BCUT2D eigenvalue weighted by Crippen LogP contribution is 2.08. The normalized spacial score (nSPS) is 10.7. The van der Waals surface area contributed by atoms with Crippen LogP contribution in [-0.2, 0) is 4.74 Å². The molecule has 0 aliphatic rings. The SMILES string of the molecule is CC/C=C/COC(=O)c1csc(C)n1. The zero-order chi connectivity index (χ0) is 10.4. The van der Waals surface area contributed by atoms with Gasteiger partial charge in [0.2, 0.25) is 0 Å². The summed E-state index contributed by atoms with van der Waals surface area (Å²) in [7, 11) is 0. The van der Waals surface area contributed by atoms with Crippen molar-refractivity contribution in [3.8, 4) is 0 Å². The Labute approximate surface area is 87.4 Å². The first kappa shape index (κ1) is 10.9. The molecule has 1 aromatic rings. The summed E-state index contributed by atoms with van der Waals surface area (Å²) < 4.78 is 4.96. The molecule has 1 heterocycles. The molecule has 0 aliphatic carbocycles. The summed E-state index contributed by atoms with van der Waals surface area (Å²) in [5.74, 6) is -0.352. The highest BCUT2D eigenvalue weighted by Gasteiger charge is 2.09. The molecule has 3 nitrogen and oxygen atoms in total. The molecule has 0 unspecified atom stereocenters. The molecule has 0 aliphatic heterocycles. The van der Waals surface area contributed by atoms with Crippen LogP contribution in [0.25, 0.3) is 0 Å². The number of carbonyl (C=O) groups is 1. The fourth-order valence-electron chi connectivity index (χ4n) is 0.890. The summed E-state index contributed by atoms with van der Waals surface area (Å²) in [4.78, 5) is 15.3. The summed E-state index contributed by atoms with van der Waals surface area (Å²) in [6, 6.07) is 0. The lowest BCUT2D eigenvalue weighted by Gasteiger charge is -1.97. The van der Waals surface area contributed by atoms with Crippen LogP contribution in [0, 0.1) is 6.92 Å². The molecule has 1 rings (SSSR count). The van der Waals surface area contributed by atoms with Gasteiger partial charge in [-0.1, -0.05) is 19.1 Å². The number of hydrogen-bond acceptors (Lipinski definition) is 4. The number of hydrogen-bond donors (Lipinski definition) is 0. The molecule has 0 spiro atoms. The summed E-state index contributed by atoms with van der Waals surface area (Å²) in [6.45, 7) is 4.21. The van der Waals surface area contributed by atoms with Crippen molar-refractivity contribution in [2.45, 2.75) is 20.3 Å². The van der Waals surface area contributed by atoms with Crippen LogP contribution in [0.15, 0.2) is 17.5 Å². The lowest BCUT2D eigenvalue weighted by atomic mass is 10.4. The van der Waals surface area contributed by atoms with Crippen molar-refractivity contribution >= 4 is 17.3 Å². The van der Waals surface area contributed by atoms with Gasteiger partial charge in [0.05, 0.1) is 5.01 Å². The van der Waals surface area contributed by atoms with Crippen LogP contribution >= 0.6 is 11.3 Å². The predicted octanol–water partition coefficient (Wildman–Crippen LogP) is 2.57. The maximum atomic E-state index is 11.3. The molecule has 0 N–H and O–H groups in total. The Morgan fingerprint density at radius 3 is 3.00 bits per heavy atom. The highest BCUT2D eigenvalue weighted by atomic mass is 32.1. The van der Waals surface area contributed by atoms with Gasteiger partial charge in [0.15, 0.2) is 5.69 Å². The van der Waals surface area contributed by atoms with Crippen LogP contribution in [0.2, 0.25) is 0 Å². The van der Waals surface area contributed by atoms with Gasteiger partial charge < -0.3 is 4.74 Å². The predicted molar refractivity (Wildman–Crippen MR) is 56.6 cm³/mol. The Bertz CT molecular complexity index is 331. The second-order valence-corrected chi connectivity index (χ2v) is 3.79. The number of aromatic nitrogens is 1.